The SMILES string of the molecule is Cc1ccc(CNc2snc(N)c2S(=O)(=O)N(C)C)cn1. The molecule has 2 heterocycles. The highest BCUT2D eigenvalue weighted by Crippen LogP contribution is 2.33. The van der Waals surface area contributed by atoms with Crippen LogP contribution in [0.1, 0.15) is 11.3 Å². The summed E-state index contributed by atoms with van der Waals surface area (Å²) in [5.74, 6) is 0.0123. The average Bonchev–Trinajstić information content (AvgIpc) is 2.79. The molecule has 114 valence electrons. The van der Waals surface area contributed by atoms with E-state index in [1.165, 1.54) is 14.1 Å². The third-order valence-electron chi connectivity index (χ3n) is 2.84. The summed E-state index contributed by atoms with van der Waals surface area (Å²) in [7, 11) is -0.711. The van der Waals surface area contributed by atoms with Crippen LogP contribution in [0.2, 0.25) is 0 Å². The molecular weight excluding hydrogens is 310 g/mol. The lowest BCUT2D eigenvalue weighted by Crippen LogP contribution is -2.23. The summed E-state index contributed by atoms with van der Waals surface area (Å²) in [4.78, 5) is 4.22. The van der Waals surface area contributed by atoms with E-state index in [4.69, 9.17) is 5.73 Å². The van der Waals surface area contributed by atoms with Crippen LogP contribution in [0.25, 0.3) is 0 Å². The summed E-state index contributed by atoms with van der Waals surface area (Å²) < 4.78 is 29.5. The molecule has 0 aliphatic rings. The van der Waals surface area contributed by atoms with Crippen molar-refractivity contribution < 1.29 is 8.42 Å². The highest BCUT2D eigenvalue weighted by Gasteiger charge is 2.27. The lowest BCUT2D eigenvalue weighted by molar-refractivity contribution is 0.521. The second-order valence-corrected chi connectivity index (χ2v) is 7.54. The molecule has 2 aromatic rings. The number of aryl methyl sites for hydroxylation is 1. The van der Waals surface area contributed by atoms with E-state index in [9.17, 15) is 8.42 Å². The Morgan fingerprint density at radius 1 is 1.38 bits per heavy atom. The summed E-state index contributed by atoms with van der Waals surface area (Å²) in [6, 6.07) is 3.83. The molecule has 0 fully saturated rings. The van der Waals surface area contributed by atoms with Crippen molar-refractivity contribution in [3.63, 3.8) is 0 Å². The third-order valence-corrected chi connectivity index (χ3v) is 5.68. The van der Waals surface area contributed by atoms with E-state index >= 15 is 0 Å². The molecule has 0 aliphatic carbocycles. The van der Waals surface area contributed by atoms with Gasteiger partial charge in [0.05, 0.1) is 0 Å². The Kier molecular flexibility index (Phi) is 4.45. The lowest BCUT2D eigenvalue weighted by atomic mass is 10.2. The molecule has 0 radical (unpaired) electrons. The summed E-state index contributed by atoms with van der Waals surface area (Å²) in [6.07, 6.45) is 1.74. The molecule has 0 atom stereocenters. The van der Waals surface area contributed by atoms with Gasteiger partial charge in [-0.05, 0) is 30.1 Å². The van der Waals surface area contributed by atoms with Crippen LogP contribution in [0.3, 0.4) is 0 Å². The fraction of sp³-hybridized carbons (Fsp3) is 0.333. The summed E-state index contributed by atoms with van der Waals surface area (Å²) in [5, 5.41) is 3.49. The summed E-state index contributed by atoms with van der Waals surface area (Å²) in [6.45, 7) is 2.35. The number of nitrogens with one attached hydrogen (secondary N) is 1. The molecule has 0 saturated heterocycles. The average molecular weight is 327 g/mol. The molecule has 0 amide bonds. The number of anilines is 2. The maximum atomic E-state index is 12.3. The van der Waals surface area contributed by atoms with Crippen molar-refractivity contribution in [3.8, 4) is 0 Å². The van der Waals surface area contributed by atoms with Gasteiger partial charge in [-0.25, -0.2) is 12.7 Å². The minimum atomic E-state index is -3.63. The van der Waals surface area contributed by atoms with Gasteiger partial charge in [0.25, 0.3) is 0 Å². The van der Waals surface area contributed by atoms with Crippen LogP contribution < -0.4 is 11.1 Å². The fourth-order valence-corrected chi connectivity index (χ4v) is 3.70. The molecule has 0 spiro atoms. The zero-order valence-electron chi connectivity index (χ0n) is 12.0. The number of nitrogens with zero attached hydrogens (tertiary/aromatic N) is 3. The van der Waals surface area contributed by atoms with E-state index < -0.39 is 10.0 Å². The number of aromatic nitrogens is 2. The monoisotopic (exact) mass is 327 g/mol. The van der Waals surface area contributed by atoms with Crippen LogP contribution in [0.5, 0.6) is 0 Å². The van der Waals surface area contributed by atoms with E-state index in [2.05, 4.69) is 14.7 Å². The van der Waals surface area contributed by atoms with Gasteiger partial charge in [-0.2, -0.15) is 4.37 Å². The van der Waals surface area contributed by atoms with Gasteiger partial charge >= 0.3 is 0 Å². The molecule has 2 aromatic heterocycles. The Morgan fingerprint density at radius 2 is 2.10 bits per heavy atom. The second-order valence-electron chi connectivity index (χ2n) is 4.67. The lowest BCUT2D eigenvalue weighted by Gasteiger charge is -2.12. The molecule has 3 N–H and O–H groups in total. The molecule has 0 aromatic carbocycles. The van der Waals surface area contributed by atoms with Crippen LogP contribution >= 0.6 is 11.5 Å². The third kappa shape index (κ3) is 3.31. The topological polar surface area (TPSA) is 101 Å². The molecule has 0 bridgehead atoms. The van der Waals surface area contributed by atoms with Crippen molar-refractivity contribution in [2.75, 3.05) is 25.1 Å². The predicted octanol–water partition coefficient (Wildman–Crippen LogP) is 1.29. The number of pyridine rings is 1. The molecular formula is C12H17N5O2S2. The first-order valence-corrected chi connectivity index (χ1v) is 8.37. The molecule has 9 heteroatoms. The normalized spacial score (nSPS) is 11.8. The standard InChI is InChI=1S/C12H17N5O2S2/c1-8-4-5-9(6-14-8)7-15-12-10(11(13)16-20-12)21(18,19)17(2)3/h4-6,15H,7H2,1-3H3,(H2,13,16). The van der Waals surface area contributed by atoms with Gasteiger partial charge in [-0.1, -0.05) is 6.07 Å². The van der Waals surface area contributed by atoms with E-state index in [1.807, 2.05) is 19.1 Å². The number of nitrogen functional groups attached to an aromatic ring is 1. The molecule has 0 aliphatic heterocycles. The van der Waals surface area contributed by atoms with Gasteiger partial charge in [0.15, 0.2) is 10.7 Å². The molecule has 2 rings (SSSR count). The van der Waals surface area contributed by atoms with Crippen LogP contribution in [0, 0.1) is 6.92 Å². The Balaban J connectivity index is 2.24. The Bertz CT molecular complexity index is 723. The largest absolute Gasteiger partial charge is 0.382 e. The smallest absolute Gasteiger partial charge is 0.249 e. The first-order chi connectivity index (χ1) is 9.82. The van der Waals surface area contributed by atoms with Gasteiger partial charge in [-0.15, -0.1) is 0 Å². The maximum Gasteiger partial charge on any atom is 0.249 e. The highest BCUT2D eigenvalue weighted by molar-refractivity contribution is 7.89. The molecule has 0 saturated carbocycles. The molecule has 21 heavy (non-hydrogen) atoms. The number of sulfonamides is 1. The first kappa shape index (κ1) is 15.7. The van der Waals surface area contributed by atoms with Gasteiger partial charge in [0.1, 0.15) is 5.00 Å². The zero-order valence-corrected chi connectivity index (χ0v) is 13.6. The molecule has 7 nitrogen and oxygen atoms in total. The van der Waals surface area contributed by atoms with Crippen molar-refractivity contribution in [2.45, 2.75) is 18.4 Å². The van der Waals surface area contributed by atoms with E-state index in [1.54, 1.807) is 6.20 Å². The summed E-state index contributed by atoms with van der Waals surface area (Å²) in [5.41, 5.74) is 7.57. The van der Waals surface area contributed by atoms with Crippen molar-refractivity contribution >= 4 is 32.4 Å². The van der Waals surface area contributed by atoms with Gasteiger partial charge < -0.3 is 11.1 Å². The van der Waals surface area contributed by atoms with Crippen LogP contribution in [-0.2, 0) is 16.6 Å². The van der Waals surface area contributed by atoms with Crippen molar-refractivity contribution in [1.82, 2.24) is 13.7 Å². The fourth-order valence-electron chi connectivity index (χ4n) is 1.62. The highest BCUT2D eigenvalue weighted by atomic mass is 32.2. The van der Waals surface area contributed by atoms with Gasteiger partial charge in [-0.3, -0.25) is 4.98 Å². The van der Waals surface area contributed by atoms with Crippen molar-refractivity contribution in [1.29, 1.82) is 0 Å². The Hall–Kier alpha value is -1.71. The predicted molar refractivity (Wildman–Crippen MR) is 83.7 cm³/mol. The van der Waals surface area contributed by atoms with Crippen molar-refractivity contribution in [3.05, 3.63) is 29.6 Å². The van der Waals surface area contributed by atoms with Crippen LogP contribution in [0.4, 0.5) is 10.8 Å². The number of hydrogen-bond acceptors (Lipinski definition) is 7. The quantitative estimate of drug-likeness (QED) is 0.858. The van der Waals surface area contributed by atoms with Gasteiger partial charge in [0, 0.05) is 32.5 Å². The van der Waals surface area contributed by atoms with E-state index in [0.717, 1.165) is 27.1 Å². The number of nitrogens with two attached hydrogens (primary N) is 1. The van der Waals surface area contributed by atoms with Gasteiger partial charge in [0.2, 0.25) is 10.0 Å². The minimum Gasteiger partial charge on any atom is -0.382 e. The first-order valence-electron chi connectivity index (χ1n) is 6.15. The maximum absolute atomic E-state index is 12.3. The zero-order chi connectivity index (χ0) is 15.6. The number of rotatable bonds is 5. The Morgan fingerprint density at radius 3 is 2.67 bits per heavy atom. The van der Waals surface area contributed by atoms with Crippen LogP contribution in [0.15, 0.2) is 23.2 Å². The van der Waals surface area contributed by atoms with Crippen LogP contribution in [-0.4, -0.2) is 36.2 Å². The van der Waals surface area contributed by atoms with E-state index in [-0.39, 0.29) is 10.7 Å². The van der Waals surface area contributed by atoms with E-state index in [0.29, 0.717) is 11.5 Å². The molecule has 0 unspecified atom stereocenters. The summed E-state index contributed by atoms with van der Waals surface area (Å²) >= 11 is 1.03. The van der Waals surface area contributed by atoms with Crippen molar-refractivity contribution in [2.24, 2.45) is 0 Å². The number of hydrogen-bond donors (Lipinski definition) is 2. The minimum absolute atomic E-state index is 0.0123. The Labute approximate surface area is 128 Å². The second kappa shape index (κ2) is 5.96.